The summed E-state index contributed by atoms with van der Waals surface area (Å²) in [5.74, 6) is -0.700. The largest absolute Gasteiger partial charge is 0.492 e. The van der Waals surface area contributed by atoms with E-state index in [1.165, 1.54) is 0 Å². The molecule has 3 aromatic carbocycles. The third-order valence-corrected chi connectivity index (χ3v) is 5.15. The van der Waals surface area contributed by atoms with E-state index in [-0.39, 0.29) is 22.1 Å². The molecule has 3 rings (SSSR count). The Morgan fingerprint density at radius 1 is 1.12 bits per heavy atom. The number of carbonyl (C=O) groups excluding carboxylic acids is 1. The Morgan fingerprint density at radius 2 is 1.88 bits per heavy atom. The van der Waals surface area contributed by atoms with Gasteiger partial charge in [-0.1, -0.05) is 30.3 Å². The molecular formula is C22H17BrFN3O4S. The topological polar surface area (TPSA) is 93.5 Å². The molecule has 0 spiro atoms. The zero-order valence-corrected chi connectivity index (χ0v) is 18.9. The molecule has 0 aliphatic rings. The summed E-state index contributed by atoms with van der Waals surface area (Å²) >= 11 is 8.41. The van der Waals surface area contributed by atoms with Crippen molar-refractivity contribution in [2.45, 2.75) is 6.42 Å². The van der Waals surface area contributed by atoms with E-state index in [1.54, 1.807) is 18.2 Å². The van der Waals surface area contributed by atoms with Gasteiger partial charge in [0.2, 0.25) is 0 Å². The normalized spacial score (nSPS) is 10.3. The Kier molecular flexibility index (Phi) is 7.85. The van der Waals surface area contributed by atoms with Gasteiger partial charge in [-0.2, -0.15) is 0 Å². The van der Waals surface area contributed by atoms with Crippen molar-refractivity contribution in [2.75, 3.05) is 11.9 Å². The molecule has 0 radical (unpaired) electrons. The summed E-state index contributed by atoms with van der Waals surface area (Å²) in [5, 5.41) is 15.5. The number of amides is 1. The van der Waals surface area contributed by atoms with Crippen LogP contribution in [0.25, 0.3) is 0 Å². The number of nitro benzene ring substituents is 1. The Balaban J connectivity index is 1.58. The van der Waals surface area contributed by atoms with Crippen molar-refractivity contribution in [3.05, 3.63) is 98.3 Å². The molecule has 164 valence electrons. The molecule has 0 heterocycles. The van der Waals surface area contributed by atoms with Crippen molar-refractivity contribution in [3.63, 3.8) is 0 Å². The molecule has 1 amide bonds. The molecule has 0 aromatic heterocycles. The molecule has 32 heavy (non-hydrogen) atoms. The van der Waals surface area contributed by atoms with Gasteiger partial charge in [-0.3, -0.25) is 20.2 Å². The second kappa shape index (κ2) is 10.8. The summed E-state index contributed by atoms with van der Waals surface area (Å²) in [6.07, 6.45) is 0.740. The number of nitro groups is 1. The van der Waals surface area contributed by atoms with Crippen molar-refractivity contribution in [1.82, 2.24) is 5.32 Å². The number of halogens is 2. The maximum absolute atomic E-state index is 13.9. The highest BCUT2D eigenvalue weighted by Gasteiger charge is 2.14. The van der Waals surface area contributed by atoms with Crippen LogP contribution < -0.4 is 15.4 Å². The lowest BCUT2D eigenvalue weighted by Crippen LogP contribution is -2.34. The van der Waals surface area contributed by atoms with Crippen molar-refractivity contribution in [2.24, 2.45) is 0 Å². The number of thiocarbonyl (C=S) groups is 1. The van der Waals surface area contributed by atoms with E-state index in [4.69, 9.17) is 17.0 Å². The monoisotopic (exact) mass is 517 g/mol. The smallest absolute Gasteiger partial charge is 0.271 e. The molecule has 0 atom stereocenters. The molecule has 10 heteroatoms. The fraction of sp³-hybridized carbons (Fsp3) is 0.0909. The first-order valence-corrected chi connectivity index (χ1v) is 10.6. The maximum Gasteiger partial charge on any atom is 0.271 e. The third kappa shape index (κ3) is 6.32. The van der Waals surface area contributed by atoms with Crippen LogP contribution >= 0.6 is 28.1 Å². The summed E-state index contributed by atoms with van der Waals surface area (Å²) < 4.78 is 20.2. The highest BCUT2D eigenvalue weighted by Crippen LogP contribution is 2.26. The summed E-state index contributed by atoms with van der Waals surface area (Å²) in [4.78, 5) is 22.7. The first kappa shape index (κ1) is 23.3. The Labute approximate surface area is 196 Å². The van der Waals surface area contributed by atoms with Gasteiger partial charge < -0.3 is 10.1 Å². The molecule has 0 bridgehead atoms. The van der Waals surface area contributed by atoms with Crippen molar-refractivity contribution in [1.29, 1.82) is 0 Å². The van der Waals surface area contributed by atoms with Gasteiger partial charge in [0.05, 0.1) is 21.7 Å². The number of carbonyl (C=O) groups is 1. The number of non-ortho nitro benzene ring substituents is 1. The van der Waals surface area contributed by atoms with Crippen molar-refractivity contribution < 1.29 is 18.8 Å². The Hall–Kier alpha value is -3.37. The number of hydrogen-bond acceptors (Lipinski definition) is 5. The van der Waals surface area contributed by atoms with Gasteiger partial charge in [-0.05, 0) is 58.0 Å². The van der Waals surface area contributed by atoms with Gasteiger partial charge in [0.15, 0.2) is 5.11 Å². The summed E-state index contributed by atoms with van der Waals surface area (Å²) in [6, 6.07) is 17.7. The predicted molar refractivity (Wildman–Crippen MR) is 127 cm³/mol. The first-order valence-electron chi connectivity index (χ1n) is 9.36. The van der Waals surface area contributed by atoms with Crippen LogP contribution in [0.2, 0.25) is 0 Å². The second-order valence-corrected chi connectivity index (χ2v) is 7.82. The van der Waals surface area contributed by atoms with Gasteiger partial charge in [0.25, 0.3) is 11.6 Å². The van der Waals surface area contributed by atoms with E-state index in [2.05, 4.69) is 26.6 Å². The zero-order chi connectivity index (χ0) is 23.1. The standard InChI is InChI=1S/C22H17BrFN3O4S/c23-17-12-15(6-9-20(17)31-11-10-14-4-2-1-3-5-14)21(28)26-22(32)25-19-13-16(27(29)30)7-8-18(19)24/h1-9,12-13H,10-11H2,(H2,25,26,28,32). The molecule has 0 saturated carbocycles. The fourth-order valence-electron chi connectivity index (χ4n) is 2.73. The first-order chi connectivity index (χ1) is 15.3. The molecule has 2 N–H and O–H groups in total. The van der Waals surface area contributed by atoms with E-state index in [9.17, 15) is 19.3 Å². The molecule has 0 unspecified atom stereocenters. The maximum atomic E-state index is 13.9. The van der Waals surface area contributed by atoms with Crippen LogP contribution in [0.3, 0.4) is 0 Å². The van der Waals surface area contributed by atoms with Gasteiger partial charge >= 0.3 is 0 Å². The molecule has 7 nitrogen and oxygen atoms in total. The highest BCUT2D eigenvalue weighted by atomic mass is 79.9. The Bertz CT molecular complexity index is 1160. The van der Waals surface area contributed by atoms with Crippen LogP contribution in [0.4, 0.5) is 15.8 Å². The minimum atomic E-state index is -0.744. The number of anilines is 1. The minimum Gasteiger partial charge on any atom is -0.492 e. The lowest BCUT2D eigenvalue weighted by atomic mass is 10.2. The lowest BCUT2D eigenvalue weighted by molar-refractivity contribution is -0.384. The third-order valence-electron chi connectivity index (χ3n) is 4.32. The quantitative estimate of drug-likeness (QED) is 0.252. The van der Waals surface area contributed by atoms with Gasteiger partial charge in [-0.25, -0.2) is 4.39 Å². The van der Waals surface area contributed by atoms with E-state index >= 15 is 0 Å². The average molecular weight is 518 g/mol. The predicted octanol–water partition coefficient (Wildman–Crippen LogP) is 5.24. The molecule has 0 aliphatic carbocycles. The van der Waals surface area contributed by atoms with Crippen LogP contribution in [0.1, 0.15) is 15.9 Å². The highest BCUT2D eigenvalue weighted by molar-refractivity contribution is 9.10. The number of nitrogens with one attached hydrogen (secondary N) is 2. The number of rotatable bonds is 7. The zero-order valence-electron chi connectivity index (χ0n) is 16.5. The van der Waals surface area contributed by atoms with Crippen LogP contribution in [0.5, 0.6) is 5.75 Å². The number of benzene rings is 3. The summed E-state index contributed by atoms with van der Waals surface area (Å²) in [5.41, 5.74) is 0.916. The Morgan fingerprint density at radius 3 is 2.56 bits per heavy atom. The fourth-order valence-corrected chi connectivity index (χ4v) is 3.43. The summed E-state index contributed by atoms with van der Waals surface area (Å²) in [6.45, 7) is 0.469. The molecular weight excluding hydrogens is 501 g/mol. The van der Waals surface area contributed by atoms with Crippen molar-refractivity contribution in [3.8, 4) is 5.75 Å². The summed E-state index contributed by atoms with van der Waals surface area (Å²) in [7, 11) is 0. The number of hydrogen-bond donors (Lipinski definition) is 2. The lowest BCUT2D eigenvalue weighted by Gasteiger charge is -2.12. The van der Waals surface area contributed by atoms with Crippen molar-refractivity contribution >= 4 is 50.5 Å². The van der Waals surface area contributed by atoms with E-state index in [1.807, 2.05) is 30.3 Å². The second-order valence-electron chi connectivity index (χ2n) is 6.56. The van der Waals surface area contributed by atoms with E-state index < -0.39 is 16.6 Å². The number of nitrogens with zero attached hydrogens (tertiary/aromatic N) is 1. The molecule has 3 aromatic rings. The molecule has 0 saturated heterocycles. The van der Waals surface area contributed by atoms with Gasteiger partial charge in [0.1, 0.15) is 11.6 Å². The van der Waals surface area contributed by atoms with Crippen LogP contribution in [-0.2, 0) is 6.42 Å². The van der Waals surface area contributed by atoms with Crippen LogP contribution in [0, 0.1) is 15.9 Å². The minimum absolute atomic E-state index is 0.200. The van der Waals surface area contributed by atoms with Crippen LogP contribution in [-0.4, -0.2) is 22.5 Å². The average Bonchev–Trinajstić information content (AvgIpc) is 2.76. The van der Waals surface area contributed by atoms with Gasteiger partial charge in [0, 0.05) is 24.1 Å². The van der Waals surface area contributed by atoms with E-state index in [0.717, 1.165) is 30.2 Å². The molecule has 0 aliphatic heterocycles. The molecule has 0 fully saturated rings. The van der Waals surface area contributed by atoms with Crippen LogP contribution in [0.15, 0.2) is 71.2 Å². The SMILES string of the molecule is O=C(NC(=S)Nc1cc([N+](=O)[O-])ccc1F)c1ccc(OCCc2ccccc2)c(Br)c1. The number of ether oxygens (including phenoxy) is 1. The van der Waals surface area contributed by atoms with E-state index in [0.29, 0.717) is 16.8 Å². The van der Waals surface area contributed by atoms with Gasteiger partial charge in [-0.15, -0.1) is 0 Å².